The number of aryl methyl sites for hydroxylation is 1. The van der Waals surface area contributed by atoms with Crippen LogP contribution < -0.4 is 14.8 Å². The molecule has 0 aliphatic carbocycles. The van der Waals surface area contributed by atoms with Crippen LogP contribution in [0.1, 0.15) is 18.2 Å². The Morgan fingerprint density at radius 2 is 2.19 bits per heavy atom. The molecule has 0 spiro atoms. The number of rotatable bonds is 7. The largest absolute Gasteiger partial charge is 0.493 e. The quantitative estimate of drug-likeness (QED) is 0.831. The molecule has 0 saturated heterocycles. The third-order valence-corrected chi connectivity index (χ3v) is 3.74. The van der Waals surface area contributed by atoms with E-state index in [2.05, 4.69) is 33.2 Å². The normalized spacial score (nSPS) is 10.7. The molecular weight excluding hydrogens is 334 g/mol. The van der Waals surface area contributed by atoms with Crippen molar-refractivity contribution in [1.82, 2.24) is 14.9 Å². The van der Waals surface area contributed by atoms with Crippen LogP contribution in [0.25, 0.3) is 0 Å². The van der Waals surface area contributed by atoms with Crippen molar-refractivity contribution < 1.29 is 9.47 Å². The topological polar surface area (TPSA) is 48.3 Å². The first-order valence-corrected chi connectivity index (χ1v) is 7.60. The van der Waals surface area contributed by atoms with Gasteiger partial charge >= 0.3 is 0 Å². The second-order valence-electron chi connectivity index (χ2n) is 4.67. The first-order chi connectivity index (χ1) is 10.2. The van der Waals surface area contributed by atoms with E-state index in [1.807, 2.05) is 23.7 Å². The predicted octanol–water partition coefficient (Wildman–Crippen LogP) is 2.88. The van der Waals surface area contributed by atoms with Gasteiger partial charge in [-0.25, -0.2) is 4.98 Å². The van der Waals surface area contributed by atoms with Gasteiger partial charge in [0.05, 0.1) is 29.8 Å². The van der Waals surface area contributed by atoms with Crippen LogP contribution in [0.2, 0.25) is 0 Å². The molecule has 1 heterocycles. The fraction of sp³-hybridized carbons (Fsp3) is 0.400. The van der Waals surface area contributed by atoms with E-state index in [1.165, 1.54) is 0 Å². The van der Waals surface area contributed by atoms with Crippen LogP contribution >= 0.6 is 15.9 Å². The van der Waals surface area contributed by atoms with E-state index < -0.39 is 0 Å². The summed E-state index contributed by atoms with van der Waals surface area (Å²) in [6, 6.07) is 4.04. The lowest BCUT2D eigenvalue weighted by atomic mass is 10.2. The number of benzene rings is 1. The molecule has 2 rings (SSSR count). The lowest BCUT2D eigenvalue weighted by Gasteiger charge is -2.14. The second kappa shape index (κ2) is 7.47. The minimum Gasteiger partial charge on any atom is -0.493 e. The van der Waals surface area contributed by atoms with Gasteiger partial charge in [0.1, 0.15) is 6.61 Å². The lowest BCUT2D eigenvalue weighted by Crippen LogP contribution is -2.12. The standard InChI is InChI=1S/C15H20BrN3O2/c1-4-17-7-11-5-13(16)15(14(6-11)20-3)21-9-12-8-18-10-19(12)2/h5-6,8,10,17H,4,7,9H2,1-3H3. The highest BCUT2D eigenvalue weighted by Gasteiger charge is 2.12. The van der Waals surface area contributed by atoms with Crippen molar-refractivity contribution in [2.24, 2.45) is 7.05 Å². The smallest absolute Gasteiger partial charge is 0.175 e. The van der Waals surface area contributed by atoms with Crippen molar-refractivity contribution >= 4 is 15.9 Å². The SMILES string of the molecule is CCNCc1cc(Br)c(OCc2cncn2C)c(OC)c1. The van der Waals surface area contributed by atoms with Crippen molar-refractivity contribution in [1.29, 1.82) is 0 Å². The Hall–Kier alpha value is -1.53. The lowest BCUT2D eigenvalue weighted by molar-refractivity contribution is 0.275. The van der Waals surface area contributed by atoms with Gasteiger partial charge < -0.3 is 19.4 Å². The molecule has 0 atom stereocenters. The van der Waals surface area contributed by atoms with Gasteiger partial charge in [0.25, 0.3) is 0 Å². The molecule has 1 aromatic heterocycles. The highest BCUT2D eigenvalue weighted by atomic mass is 79.9. The third-order valence-electron chi connectivity index (χ3n) is 3.15. The van der Waals surface area contributed by atoms with Crippen LogP contribution in [0.15, 0.2) is 29.1 Å². The molecule has 21 heavy (non-hydrogen) atoms. The maximum Gasteiger partial charge on any atom is 0.175 e. The van der Waals surface area contributed by atoms with Gasteiger partial charge in [-0.05, 0) is 40.2 Å². The van der Waals surface area contributed by atoms with E-state index in [0.717, 1.165) is 34.6 Å². The summed E-state index contributed by atoms with van der Waals surface area (Å²) in [6.07, 6.45) is 3.55. The van der Waals surface area contributed by atoms with Gasteiger partial charge in [0.15, 0.2) is 11.5 Å². The highest BCUT2D eigenvalue weighted by Crippen LogP contribution is 2.37. The van der Waals surface area contributed by atoms with Gasteiger partial charge in [-0.3, -0.25) is 0 Å². The monoisotopic (exact) mass is 353 g/mol. The molecule has 0 aliphatic rings. The van der Waals surface area contributed by atoms with Crippen molar-refractivity contribution in [3.05, 3.63) is 40.4 Å². The summed E-state index contributed by atoms with van der Waals surface area (Å²) in [4.78, 5) is 4.08. The molecular formula is C15H20BrN3O2. The summed E-state index contributed by atoms with van der Waals surface area (Å²) in [7, 11) is 3.59. The number of methoxy groups -OCH3 is 1. The number of nitrogens with one attached hydrogen (secondary N) is 1. The van der Waals surface area contributed by atoms with Crippen LogP contribution in [0.5, 0.6) is 11.5 Å². The molecule has 5 nitrogen and oxygen atoms in total. The Labute approximate surface area is 133 Å². The number of hydrogen-bond donors (Lipinski definition) is 1. The van der Waals surface area contributed by atoms with E-state index in [1.54, 1.807) is 19.6 Å². The molecule has 2 aromatic rings. The van der Waals surface area contributed by atoms with Crippen LogP contribution in [-0.2, 0) is 20.2 Å². The third kappa shape index (κ3) is 3.98. The number of imidazole rings is 1. The van der Waals surface area contributed by atoms with Gasteiger partial charge in [0.2, 0.25) is 0 Å². The second-order valence-corrected chi connectivity index (χ2v) is 5.53. The van der Waals surface area contributed by atoms with Crippen molar-refractivity contribution in [2.75, 3.05) is 13.7 Å². The molecule has 0 unspecified atom stereocenters. The number of aromatic nitrogens is 2. The summed E-state index contributed by atoms with van der Waals surface area (Å²) < 4.78 is 14.1. The minimum absolute atomic E-state index is 0.442. The first-order valence-electron chi connectivity index (χ1n) is 6.80. The van der Waals surface area contributed by atoms with Crippen LogP contribution in [0, 0.1) is 0 Å². The van der Waals surface area contributed by atoms with Gasteiger partial charge in [-0.1, -0.05) is 6.92 Å². The fourth-order valence-electron chi connectivity index (χ4n) is 1.95. The fourth-order valence-corrected chi connectivity index (χ4v) is 2.56. The maximum absolute atomic E-state index is 5.89. The van der Waals surface area contributed by atoms with Gasteiger partial charge in [-0.15, -0.1) is 0 Å². The zero-order valence-electron chi connectivity index (χ0n) is 12.5. The number of ether oxygens (including phenoxy) is 2. The Morgan fingerprint density at radius 3 is 2.81 bits per heavy atom. The zero-order chi connectivity index (χ0) is 15.2. The van der Waals surface area contributed by atoms with Crippen molar-refractivity contribution in [3.63, 3.8) is 0 Å². The molecule has 0 saturated carbocycles. The molecule has 0 fully saturated rings. The Balaban J connectivity index is 2.16. The molecule has 1 aromatic carbocycles. The molecule has 6 heteroatoms. The van der Waals surface area contributed by atoms with Crippen molar-refractivity contribution in [2.45, 2.75) is 20.1 Å². The van der Waals surface area contributed by atoms with Crippen LogP contribution in [0.4, 0.5) is 0 Å². The Morgan fingerprint density at radius 1 is 1.38 bits per heavy atom. The summed E-state index contributed by atoms with van der Waals surface area (Å²) >= 11 is 3.56. The number of nitrogens with zero attached hydrogens (tertiary/aromatic N) is 2. The maximum atomic E-state index is 5.89. The minimum atomic E-state index is 0.442. The number of hydrogen-bond acceptors (Lipinski definition) is 4. The summed E-state index contributed by atoms with van der Waals surface area (Å²) in [5.41, 5.74) is 2.15. The van der Waals surface area contributed by atoms with Crippen molar-refractivity contribution in [3.8, 4) is 11.5 Å². The zero-order valence-corrected chi connectivity index (χ0v) is 14.1. The molecule has 114 valence electrons. The summed E-state index contributed by atoms with van der Waals surface area (Å²) in [5, 5.41) is 3.30. The number of halogens is 1. The van der Waals surface area contributed by atoms with Crippen LogP contribution in [0.3, 0.4) is 0 Å². The van der Waals surface area contributed by atoms with Gasteiger partial charge in [0, 0.05) is 13.6 Å². The van der Waals surface area contributed by atoms with Crippen LogP contribution in [-0.4, -0.2) is 23.2 Å². The molecule has 1 N–H and O–H groups in total. The highest BCUT2D eigenvalue weighted by molar-refractivity contribution is 9.10. The molecule has 0 aliphatic heterocycles. The van der Waals surface area contributed by atoms with Gasteiger partial charge in [-0.2, -0.15) is 0 Å². The van der Waals surface area contributed by atoms with E-state index in [-0.39, 0.29) is 0 Å². The first kappa shape index (κ1) is 15.9. The Kier molecular flexibility index (Phi) is 5.64. The average Bonchev–Trinajstić information content (AvgIpc) is 2.88. The summed E-state index contributed by atoms with van der Waals surface area (Å²) in [5.74, 6) is 1.43. The molecule has 0 radical (unpaired) electrons. The molecule has 0 amide bonds. The van der Waals surface area contributed by atoms with E-state index in [4.69, 9.17) is 9.47 Å². The van der Waals surface area contributed by atoms with E-state index in [0.29, 0.717) is 12.4 Å². The molecule has 0 bridgehead atoms. The average molecular weight is 354 g/mol. The predicted molar refractivity (Wildman–Crippen MR) is 85.6 cm³/mol. The summed E-state index contributed by atoms with van der Waals surface area (Å²) in [6.45, 7) is 4.25. The van der Waals surface area contributed by atoms with E-state index in [9.17, 15) is 0 Å². The van der Waals surface area contributed by atoms with E-state index >= 15 is 0 Å². The Bertz CT molecular complexity index is 599.